The van der Waals surface area contributed by atoms with Gasteiger partial charge in [-0.25, -0.2) is 0 Å². The summed E-state index contributed by atoms with van der Waals surface area (Å²) < 4.78 is 2.33. The van der Waals surface area contributed by atoms with Gasteiger partial charge in [0, 0.05) is 19.4 Å². The molecule has 1 aromatic heterocycles. The summed E-state index contributed by atoms with van der Waals surface area (Å²) in [6, 6.07) is 0. The highest BCUT2D eigenvalue weighted by molar-refractivity contribution is 5.00. The first kappa shape index (κ1) is 10.3. The molecule has 1 fully saturated rings. The molecule has 0 radical (unpaired) electrons. The minimum Gasteiger partial charge on any atom is -0.317 e. The van der Waals surface area contributed by atoms with Gasteiger partial charge < -0.3 is 9.88 Å². The summed E-state index contributed by atoms with van der Waals surface area (Å²) >= 11 is 0. The molecule has 0 bridgehead atoms. The van der Waals surface area contributed by atoms with Crippen molar-refractivity contribution in [2.45, 2.75) is 45.1 Å². The molecular weight excluding hydrogens is 200 g/mol. The lowest BCUT2D eigenvalue weighted by Crippen LogP contribution is -2.28. The molecule has 2 aliphatic rings. The van der Waals surface area contributed by atoms with Crippen molar-refractivity contribution in [2.24, 2.45) is 5.92 Å². The molecule has 3 rings (SSSR count). The van der Waals surface area contributed by atoms with E-state index in [0.717, 1.165) is 25.3 Å². The molecule has 88 valence electrons. The second kappa shape index (κ2) is 4.53. The molecule has 0 aliphatic carbocycles. The maximum atomic E-state index is 4.32. The Labute approximate surface area is 96.4 Å². The number of hydrogen-bond acceptors (Lipinski definition) is 3. The molecule has 0 amide bonds. The fraction of sp³-hybridized carbons (Fsp3) is 0.833. The van der Waals surface area contributed by atoms with Crippen molar-refractivity contribution in [2.75, 3.05) is 13.1 Å². The van der Waals surface area contributed by atoms with E-state index in [2.05, 4.69) is 20.1 Å². The predicted octanol–water partition coefficient (Wildman–Crippen LogP) is 1.16. The van der Waals surface area contributed by atoms with Gasteiger partial charge in [-0.05, 0) is 44.7 Å². The lowest BCUT2D eigenvalue weighted by Gasteiger charge is -2.22. The highest BCUT2D eigenvalue weighted by Crippen LogP contribution is 2.20. The Bertz CT molecular complexity index is 352. The van der Waals surface area contributed by atoms with Crippen LogP contribution in [0.2, 0.25) is 0 Å². The fourth-order valence-electron chi connectivity index (χ4n) is 2.90. The molecule has 1 aromatic rings. The standard InChI is InChI=1S/C12H20N4/c1-2-11-14-15-12(16(11)9-1)4-3-10-5-7-13-8-6-10/h10,13H,1-9H2. The first-order valence-electron chi connectivity index (χ1n) is 6.55. The summed E-state index contributed by atoms with van der Waals surface area (Å²) in [5.74, 6) is 3.34. The predicted molar refractivity (Wildman–Crippen MR) is 62.3 cm³/mol. The Morgan fingerprint density at radius 3 is 3.00 bits per heavy atom. The van der Waals surface area contributed by atoms with E-state index in [1.165, 1.54) is 50.4 Å². The van der Waals surface area contributed by atoms with Crippen LogP contribution in [0.3, 0.4) is 0 Å². The van der Waals surface area contributed by atoms with Crippen LogP contribution in [0.5, 0.6) is 0 Å². The topological polar surface area (TPSA) is 42.7 Å². The number of hydrogen-bond donors (Lipinski definition) is 1. The van der Waals surface area contributed by atoms with Gasteiger partial charge in [0.1, 0.15) is 11.6 Å². The molecule has 16 heavy (non-hydrogen) atoms. The number of aromatic nitrogens is 3. The Hall–Kier alpha value is -0.900. The van der Waals surface area contributed by atoms with Crippen molar-refractivity contribution in [3.63, 3.8) is 0 Å². The number of rotatable bonds is 3. The number of nitrogens with zero attached hydrogens (tertiary/aromatic N) is 3. The maximum Gasteiger partial charge on any atom is 0.133 e. The molecule has 0 saturated carbocycles. The van der Waals surface area contributed by atoms with Crippen LogP contribution in [-0.4, -0.2) is 27.9 Å². The van der Waals surface area contributed by atoms with Crippen molar-refractivity contribution in [1.82, 2.24) is 20.1 Å². The third-order valence-electron chi connectivity index (χ3n) is 3.92. The summed E-state index contributed by atoms with van der Waals surface area (Å²) in [5, 5.41) is 12.0. The normalized spacial score (nSPS) is 21.2. The summed E-state index contributed by atoms with van der Waals surface area (Å²) in [5.41, 5.74) is 0. The zero-order valence-corrected chi connectivity index (χ0v) is 9.78. The smallest absolute Gasteiger partial charge is 0.133 e. The highest BCUT2D eigenvalue weighted by Gasteiger charge is 2.19. The SMILES string of the molecule is C1Cc2nnc(CCC3CCNCC3)n2C1. The Kier molecular flexibility index (Phi) is 2.91. The molecule has 2 aliphatic heterocycles. The minimum atomic E-state index is 0.899. The summed E-state index contributed by atoms with van der Waals surface area (Å²) in [4.78, 5) is 0. The molecule has 1 N–H and O–H groups in total. The molecule has 4 nitrogen and oxygen atoms in total. The molecular formula is C12H20N4. The number of fused-ring (bicyclic) bond motifs is 1. The van der Waals surface area contributed by atoms with Crippen LogP contribution >= 0.6 is 0 Å². The van der Waals surface area contributed by atoms with Crippen LogP contribution < -0.4 is 5.32 Å². The van der Waals surface area contributed by atoms with Crippen LogP contribution in [-0.2, 0) is 19.4 Å². The van der Waals surface area contributed by atoms with Crippen LogP contribution in [0.4, 0.5) is 0 Å². The average Bonchev–Trinajstić information content (AvgIpc) is 2.90. The largest absolute Gasteiger partial charge is 0.317 e. The van der Waals surface area contributed by atoms with Crippen molar-refractivity contribution in [3.05, 3.63) is 11.6 Å². The molecule has 0 spiro atoms. The molecule has 0 unspecified atom stereocenters. The number of nitrogens with one attached hydrogen (secondary N) is 1. The van der Waals surface area contributed by atoms with Crippen molar-refractivity contribution < 1.29 is 0 Å². The lowest BCUT2D eigenvalue weighted by molar-refractivity contribution is 0.351. The highest BCUT2D eigenvalue weighted by atomic mass is 15.3. The van der Waals surface area contributed by atoms with Crippen LogP contribution in [0, 0.1) is 5.92 Å². The van der Waals surface area contributed by atoms with Gasteiger partial charge in [-0.15, -0.1) is 10.2 Å². The van der Waals surface area contributed by atoms with Gasteiger partial charge in [0.05, 0.1) is 0 Å². The van der Waals surface area contributed by atoms with Crippen LogP contribution in [0.15, 0.2) is 0 Å². The molecule has 0 atom stereocenters. The third kappa shape index (κ3) is 1.98. The van der Waals surface area contributed by atoms with Gasteiger partial charge >= 0.3 is 0 Å². The van der Waals surface area contributed by atoms with Gasteiger partial charge in [0.25, 0.3) is 0 Å². The van der Waals surface area contributed by atoms with E-state index in [1.807, 2.05) is 0 Å². The average molecular weight is 220 g/mol. The van der Waals surface area contributed by atoms with Crippen molar-refractivity contribution in [1.29, 1.82) is 0 Å². The van der Waals surface area contributed by atoms with E-state index in [9.17, 15) is 0 Å². The summed E-state index contributed by atoms with van der Waals surface area (Å²) in [7, 11) is 0. The van der Waals surface area contributed by atoms with E-state index in [1.54, 1.807) is 0 Å². The van der Waals surface area contributed by atoms with E-state index >= 15 is 0 Å². The summed E-state index contributed by atoms with van der Waals surface area (Å²) in [6.07, 6.45) is 7.46. The van der Waals surface area contributed by atoms with Crippen molar-refractivity contribution in [3.8, 4) is 0 Å². The Morgan fingerprint density at radius 1 is 1.25 bits per heavy atom. The van der Waals surface area contributed by atoms with Crippen LogP contribution in [0.25, 0.3) is 0 Å². The first-order chi connectivity index (χ1) is 7.93. The fourth-order valence-corrected chi connectivity index (χ4v) is 2.90. The van der Waals surface area contributed by atoms with Gasteiger partial charge in [-0.3, -0.25) is 0 Å². The van der Waals surface area contributed by atoms with Gasteiger partial charge in [0.15, 0.2) is 0 Å². The number of aryl methyl sites for hydroxylation is 2. The first-order valence-corrected chi connectivity index (χ1v) is 6.55. The third-order valence-corrected chi connectivity index (χ3v) is 3.92. The van der Waals surface area contributed by atoms with E-state index < -0.39 is 0 Å². The minimum absolute atomic E-state index is 0.899. The molecule has 3 heterocycles. The summed E-state index contributed by atoms with van der Waals surface area (Å²) in [6.45, 7) is 3.54. The Balaban J connectivity index is 1.57. The van der Waals surface area contributed by atoms with Gasteiger partial charge in [-0.1, -0.05) is 0 Å². The second-order valence-electron chi connectivity index (χ2n) is 5.02. The monoisotopic (exact) mass is 220 g/mol. The zero-order chi connectivity index (χ0) is 10.8. The van der Waals surface area contributed by atoms with Crippen molar-refractivity contribution >= 4 is 0 Å². The Morgan fingerprint density at radius 2 is 2.12 bits per heavy atom. The maximum absolute atomic E-state index is 4.32. The molecule has 1 saturated heterocycles. The van der Waals surface area contributed by atoms with E-state index in [-0.39, 0.29) is 0 Å². The van der Waals surface area contributed by atoms with Gasteiger partial charge in [0.2, 0.25) is 0 Å². The van der Waals surface area contributed by atoms with E-state index in [4.69, 9.17) is 0 Å². The van der Waals surface area contributed by atoms with Gasteiger partial charge in [-0.2, -0.15) is 0 Å². The zero-order valence-electron chi connectivity index (χ0n) is 9.78. The number of piperidine rings is 1. The lowest BCUT2D eigenvalue weighted by atomic mass is 9.93. The van der Waals surface area contributed by atoms with Crippen LogP contribution in [0.1, 0.15) is 37.3 Å². The molecule has 4 heteroatoms. The quantitative estimate of drug-likeness (QED) is 0.831. The molecule has 0 aromatic carbocycles. The second-order valence-corrected chi connectivity index (χ2v) is 5.02. The van der Waals surface area contributed by atoms with E-state index in [0.29, 0.717) is 0 Å².